The zero-order valence-corrected chi connectivity index (χ0v) is 12.2. The summed E-state index contributed by atoms with van der Waals surface area (Å²) < 4.78 is 4.70. The number of aromatic nitrogens is 1. The SMILES string of the molecule is CCCCC(=O)Nc1nccc2cc(C(=O)OC)ccc12. The summed E-state index contributed by atoms with van der Waals surface area (Å²) in [5.74, 6) is 0.0844. The van der Waals surface area contributed by atoms with Crippen LogP contribution in [0.3, 0.4) is 0 Å². The van der Waals surface area contributed by atoms with Gasteiger partial charge in [-0.1, -0.05) is 13.3 Å². The van der Waals surface area contributed by atoms with Gasteiger partial charge in [0.15, 0.2) is 0 Å². The molecule has 0 saturated heterocycles. The normalized spacial score (nSPS) is 10.4. The highest BCUT2D eigenvalue weighted by Gasteiger charge is 2.10. The second kappa shape index (κ2) is 6.83. The van der Waals surface area contributed by atoms with Gasteiger partial charge in [-0.3, -0.25) is 4.79 Å². The van der Waals surface area contributed by atoms with Crippen molar-refractivity contribution < 1.29 is 14.3 Å². The van der Waals surface area contributed by atoms with E-state index in [4.69, 9.17) is 4.74 Å². The average Bonchev–Trinajstić information content (AvgIpc) is 2.52. The van der Waals surface area contributed by atoms with Crippen LogP contribution in [0.2, 0.25) is 0 Å². The van der Waals surface area contributed by atoms with E-state index in [1.54, 1.807) is 30.5 Å². The fourth-order valence-electron chi connectivity index (χ4n) is 2.05. The van der Waals surface area contributed by atoms with E-state index in [2.05, 4.69) is 10.3 Å². The van der Waals surface area contributed by atoms with Gasteiger partial charge in [-0.15, -0.1) is 0 Å². The van der Waals surface area contributed by atoms with Crippen LogP contribution in [-0.2, 0) is 9.53 Å². The molecular weight excluding hydrogens is 268 g/mol. The van der Waals surface area contributed by atoms with Gasteiger partial charge in [0.1, 0.15) is 5.82 Å². The molecule has 1 N–H and O–H groups in total. The second-order valence-electron chi connectivity index (χ2n) is 4.74. The number of fused-ring (bicyclic) bond motifs is 1. The first kappa shape index (κ1) is 15.0. The molecule has 0 unspecified atom stereocenters. The molecule has 0 fully saturated rings. The molecule has 21 heavy (non-hydrogen) atoms. The molecule has 0 radical (unpaired) electrons. The van der Waals surface area contributed by atoms with Crippen LogP contribution < -0.4 is 5.32 Å². The Balaban J connectivity index is 2.29. The molecule has 2 rings (SSSR count). The molecule has 5 nitrogen and oxygen atoms in total. The van der Waals surface area contributed by atoms with E-state index in [1.165, 1.54) is 7.11 Å². The Morgan fingerprint density at radius 3 is 2.81 bits per heavy atom. The van der Waals surface area contributed by atoms with Gasteiger partial charge >= 0.3 is 5.97 Å². The average molecular weight is 286 g/mol. The smallest absolute Gasteiger partial charge is 0.337 e. The molecule has 0 atom stereocenters. The molecule has 1 amide bonds. The van der Waals surface area contributed by atoms with Crippen LogP contribution in [0.4, 0.5) is 5.82 Å². The number of unbranched alkanes of at least 4 members (excludes halogenated alkanes) is 1. The monoisotopic (exact) mass is 286 g/mol. The van der Waals surface area contributed by atoms with E-state index in [0.29, 0.717) is 17.8 Å². The van der Waals surface area contributed by atoms with Gasteiger partial charge in [0, 0.05) is 18.0 Å². The molecule has 2 aromatic rings. The summed E-state index contributed by atoms with van der Waals surface area (Å²) in [4.78, 5) is 27.5. The number of nitrogens with one attached hydrogen (secondary N) is 1. The van der Waals surface area contributed by atoms with Crippen LogP contribution in [0.15, 0.2) is 30.5 Å². The van der Waals surface area contributed by atoms with E-state index < -0.39 is 0 Å². The lowest BCUT2D eigenvalue weighted by Gasteiger charge is -2.08. The number of esters is 1. The number of anilines is 1. The molecule has 0 aliphatic carbocycles. The highest BCUT2D eigenvalue weighted by Crippen LogP contribution is 2.22. The van der Waals surface area contributed by atoms with Crippen molar-refractivity contribution >= 4 is 28.5 Å². The van der Waals surface area contributed by atoms with Crippen molar-refractivity contribution in [2.75, 3.05) is 12.4 Å². The Labute approximate surface area is 123 Å². The molecule has 0 saturated carbocycles. The summed E-state index contributed by atoms with van der Waals surface area (Å²) in [7, 11) is 1.35. The van der Waals surface area contributed by atoms with E-state index >= 15 is 0 Å². The molecule has 1 aromatic carbocycles. The fraction of sp³-hybridized carbons (Fsp3) is 0.312. The van der Waals surface area contributed by atoms with Gasteiger partial charge < -0.3 is 10.1 Å². The summed E-state index contributed by atoms with van der Waals surface area (Å²) >= 11 is 0. The number of hydrogen-bond acceptors (Lipinski definition) is 4. The van der Waals surface area contributed by atoms with Crippen molar-refractivity contribution in [2.24, 2.45) is 0 Å². The summed E-state index contributed by atoms with van der Waals surface area (Å²) in [5, 5.41) is 4.45. The predicted octanol–water partition coefficient (Wildman–Crippen LogP) is 3.15. The van der Waals surface area contributed by atoms with Crippen LogP contribution in [-0.4, -0.2) is 24.0 Å². The lowest BCUT2D eigenvalue weighted by atomic mass is 10.1. The molecule has 0 spiro atoms. The predicted molar refractivity (Wildman–Crippen MR) is 81.2 cm³/mol. The highest BCUT2D eigenvalue weighted by molar-refractivity contribution is 6.02. The number of carbonyl (C=O) groups is 2. The number of rotatable bonds is 5. The zero-order chi connectivity index (χ0) is 15.2. The van der Waals surface area contributed by atoms with Gasteiger partial charge in [-0.05, 0) is 36.1 Å². The number of pyridine rings is 1. The number of nitrogens with zero attached hydrogens (tertiary/aromatic N) is 1. The Kier molecular flexibility index (Phi) is 4.87. The topological polar surface area (TPSA) is 68.3 Å². The van der Waals surface area contributed by atoms with Gasteiger partial charge in [0.05, 0.1) is 12.7 Å². The lowest BCUT2D eigenvalue weighted by Crippen LogP contribution is -2.12. The zero-order valence-electron chi connectivity index (χ0n) is 12.2. The third-order valence-electron chi connectivity index (χ3n) is 3.20. The third-order valence-corrected chi connectivity index (χ3v) is 3.20. The molecule has 5 heteroatoms. The first-order valence-corrected chi connectivity index (χ1v) is 6.92. The molecule has 1 aromatic heterocycles. The van der Waals surface area contributed by atoms with E-state index in [9.17, 15) is 9.59 Å². The Bertz CT molecular complexity index is 668. The molecule has 1 heterocycles. The van der Waals surface area contributed by atoms with Crippen LogP contribution in [0.25, 0.3) is 10.8 Å². The lowest BCUT2D eigenvalue weighted by molar-refractivity contribution is -0.116. The number of carbonyl (C=O) groups excluding carboxylic acids is 2. The first-order chi connectivity index (χ1) is 10.2. The number of amides is 1. The van der Waals surface area contributed by atoms with Crippen molar-refractivity contribution in [2.45, 2.75) is 26.2 Å². The Hall–Kier alpha value is -2.43. The minimum Gasteiger partial charge on any atom is -0.465 e. The Morgan fingerprint density at radius 1 is 1.29 bits per heavy atom. The fourth-order valence-corrected chi connectivity index (χ4v) is 2.05. The van der Waals surface area contributed by atoms with Crippen molar-refractivity contribution in [1.82, 2.24) is 4.98 Å². The minimum absolute atomic E-state index is 0.0473. The maximum atomic E-state index is 11.8. The number of benzene rings is 1. The maximum absolute atomic E-state index is 11.8. The summed E-state index contributed by atoms with van der Waals surface area (Å²) in [6.45, 7) is 2.04. The number of ether oxygens (including phenoxy) is 1. The van der Waals surface area contributed by atoms with Crippen LogP contribution in [0, 0.1) is 0 Å². The second-order valence-corrected chi connectivity index (χ2v) is 4.74. The quantitative estimate of drug-likeness (QED) is 0.857. The number of hydrogen-bond donors (Lipinski definition) is 1. The van der Waals surface area contributed by atoms with Gasteiger partial charge in [-0.25, -0.2) is 9.78 Å². The Morgan fingerprint density at radius 2 is 2.10 bits per heavy atom. The molecule has 110 valence electrons. The minimum atomic E-state index is -0.387. The first-order valence-electron chi connectivity index (χ1n) is 6.92. The van der Waals surface area contributed by atoms with E-state index in [0.717, 1.165) is 23.6 Å². The summed E-state index contributed by atoms with van der Waals surface area (Å²) in [6.07, 6.45) is 3.91. The molecule has 0 aliphatic rings. The van der Waals surface area contributed by atoms with E-state index in [1.807, 2.05) is 6.92 Å². The maximum Gasteiger partial charge on any atom is 0.337 e. The van der Waals surface area contributed by atoms with Gasteiger partial charge in [0.25, 0.3) is 0 Å². The van der Waals surface area contributed by atoms with Gasteiger partial charge in [0.2, 0.25) is 5.91 Å². The highest BCUT2D eigenvalue weighted by atomic mass is 16.5. The van der Waals surface area contributed by atoms with Crippen LogP contribution >= 0.6 is 0 Å². The van der Waals surface area contributed by atoms with Gasteiger partial charge in [-0.2, -0.15) is 0 Å². The largest absolute Gasteiger partial charge is 0.465 e. The number of methoxy groups -OCH3 is 1. The third kappa shape index (κ3) is 3.56. The van der Waals surface area contributed by atoms with Crippen molar-refractivity contribution in [3.8, 4) is 0 Å². The van der Waals surface area contributed by atoms with Crippen LogP contribution in [0.1, 0.15) is 36.5 Å². The van der Waals surface area contributed by atoms with Crippen molar-refractivity contribution in [3.05, 3.63) is 36.0 Å². The molecule has 0 aliphatic heterocycles. The van der Waals surface area contributed by atoms with Crippen molar-refractivity contribution in [1.29, 1.82) is 0 Å². The van der Waals surface area contributed by atoms with E-state index in [-0.39, 0.29) is 11.9 Å². The molecular formula is C16H18N2O3. The standard InChI is InChI=1S/C16H18N2O3/c1-3-4-5-14(19)18-15-13-7-6-12(16(20)21-2)10-11(13)8-9-17-15/h6-10H,3-5H2,1-2H3,(H,17,18,19). The van der Waals surface area contributed by atoms with Crippen LogP contribution in [0.5, 0.6) is 0 Å². The van der Waals surface area contributed by atoms with Crippen molar-refractivity contribution in [3.63, 3.8) is 0 Å². The summed E-state index contributed by atoms with van der Waals surface area (Å²) in [5.41, 5.74) is 0.472. The molecule has 0 bridgehead atoms. The summed E-state index contributed by atoms with van der Waals surface area (Å²) in [6, 6.07) is 6.95.